The van der Waals surface area contributed by atoms with Crippen molar-refractivity contribution < 1.29 is 18.9 Å². The van der Waals surface area contributed by atoms with Crippen LogP contribution in [-0.2, 0) is 4.79 Å². The fraction of sp³-hybridized carbons (Fsp3) is 0.200. The summed E-state index contributed by atoms with van der Waals surface area (Å²) in [6, 6.07) is 7.12. The first kappa shape index (κ1) is 16.1. The Labute approximate surface area is 130 Å². The van der Waals surface area contributed by atoms with Crippen molar-refractivity contribution in [2.24, 2.45) is 0 Å². The fourth-order valence-corrected chi connectivity index (χ4v) is 2.64. The highest BCUT2D eigenvalue weighted by atomic mass is 32.1. The van der Waals surface area contributed by atoms with E-state index in [1.54, 1.807) is 23.7 Å². The maximum Gasteiger partial charge on any atom is 0.280 e. The largest absolute Gasteiger partial charge is 0.333 e. The second-order valence-corrected chi connectivity index (χ2v) is 5.64. The van der Waals surface area contributed by atoms with Crippen LogP contribution >= 0.6 is 11.3 Å². The molecule has 0 aliphatic heterocycles. The number of rotatable bonds is 5. The molecule has 114 valence electrons. The Morgan fingerprint density at radius 1 is 1.41 bits per heavy atom. The molecule has 1 aromatic heterocycles. The summed E-state index contributed by atoms with van der Waals surface area (Å²) >= 11 is 1.28. The molecule has 4 nitrogen and oxygen atoms in total. The van der Waals surface area contributed by atoms with Gasteiger partial charge in [-0.2, -0.15) is 5.26 Å². The van der Waals surface area contributed by atoms with Crippen LogP contribution in [0.2, 0.25) is 0 Å². The van der Waals surface area contributed by atoms with Gasteiger partial charge in [0.25, 0.3) is 5.91 Å². The molecule has 0 aliphatic carbocycles. The van der Waals surface area contributed by atoms with Crippen LogP contribution in [-0.4, -0.2) is 12.5 Å². The van der Waals surface area contributed by atoms with Crippen LogP contribution in [0.5, 0.6) is 0 Å². The number of carbonyl (C=O) groups is 1. The molecular weight excluding hydrogens is 308 g/mol. The molecule has 22 heavy (non-hydrogen) atoms. The van der Waals surface area contributed by atoms with E-state index in [1.807, 2.05) is 6.07 Å². The molecular formula is C15H14F2N3OS+. The molecule has 1 atom stereocenters. The topological polar surface area (TPSA) is 69.5 Å². The molecule has 2 rings (SSSR count). The van der Waals surface area contributed by atoms with E-state index in [-0.39, 0.29) is 18.5 Å². The Hall–Kier alpha value is -2.30. The average Bonchev–Trinajstić information content (AvgIpc) is 2.94. The molecule has 7 heteroatoms. The molecule has 0 saturated carbocycles. The van der Waals surface area contributed by atoms with E-state index in [1.165, 1.54) is 17.4 Å². The van der Waals surface area contributed by atoms with Crippen LogP contribution in [0.15, 0.2) is 29.6 Å². The third-order valence-corrected chi connectivity index (χ3v) is 3.99. The van der Waals surface area contributed by atoms with Crippen molar-refractivity contribution in [2.45, 2.75) is 13.0 Å². The lowest BCUT2D eigenvalue weighted by Crippen LogP contribution is -2.86. The quantitative estimate of drug-likeness (QED) is 0.886. The summed E-state index contributed by atoms with van der Waals surface area (Å²) in [5.41, 5.74) is 1.02. The van der Waals surface area contributed by atoms with Crippen LogP contribution in [0.4, 0.5) is 13.8 Å². The molecule has 0 bridgehead atoms. The van der Waals surface area contributed by atoms with Crippen LogP contribution in [0.3, 0.4) is 0 Å². The number of hydrogen-bond donors (Lipinski definition) is 2. The molecule has 1 amide bonds. The van der Waals surface area contributed by atoms with Gasteiger partial charge in [-0.05, 0) is 36.6 Å². The normalized spacial score (nSPS) is 11.7. The van der Waals surface area contributed by atoms with Crippen molar-refractivity contribution in [1.29, 1.82) is 5.26 Å². The Morgan fingerprint density at radius 2 is 2.18 bits per heavy atom. The number of thiophene rings is 1. The molecule has 1 heterocycles. The number of halogens is 2. The van der Waals surface area contributed by atoms with Gasteiger partial charge in [-0.1, -0.05) is 0 Å². The second-order valence-electron chi connectivity index (χ2n) is 4.73. The van der Waals surface area contributed by atoms with Gasteiger partial charge in [-0.15, -0.1) is 11.3 Å². The van der Waals surface area contributed by atoms with Crippen molar-refractivity contribution in [3.05, 3.63) is 52.4 Å². The smallest absolute Gasteiger partial charge is 0.280 e. The number of carbonyl (C=O) groups excluding carboxylic acids is 1. The summed E-state index contributed by atoms with van der Waals surface area (Å²) in [6.07, 6.45) is 0. The third kappa shape index (κ3) is 3.87. The maximum atomic E-state index is 13.2. The van der Waals surface area contributed by atoms with Crippen LogP contribution in [0.25, 0.3) is 0 Å². The highest BCUT2D eigenvalue weighted by Crippen LogP contribution is 2.21. The SMILES string of the molecule is C[C@@H]([NH2+]CC(=O)Nc1sccc1C#N)c1ccc(F)c(F)c1. The summed E-state index contributed by atoms with van der Waals surface area (Å²) in [7, 11) is 0. The number of benzene rings is 1. The number of nitriles is 1. The number of hydrogen-bond acceptors (Lipinski definition) is 3. The molecule has 0 aliphatic rings. The van der Waals surface area contributed by atoms with Gasteiger partial charge in [0.05, 0.1) is 5.56 Å². The number of nitrogens with zero attached hydrogens (tertiary/aromatic N) is 1. The first-order chi connectivity index (χ1) is 10.5. The third-order valence-electron chi connectivity index (χ3n) is 3.16. The van der Waals surface area contributed by atoms with E-state index in [0.717, 1.165) is 12.1 Å². The molecule has 2 aromatic rings. The molecule has 0 saturated heterocycles. The van der Waals surface area contributed by atoms with Gasteiger partial charge in [-0.3, -0.25) is 4.79 Å². The molecule has 0 unspecified atom stereocenters. The van der Waals surface area contributed by atoms with E-state index in [9.17, 15) is 13.6 Å². The van der Waals surface area contributed by atoms with Gasteiger partial charge < -0.3 is 10.6 Å². The van der Waals surface area contributed by atoms with Crippen molar-refractivity contribution >= 4 is 22.2 Å². The zero-order valence-electron chi connectivity index (χ0n) is 11.8. The van der Waals surface area contributed by atoms with Crippen molar-refractivity contribution in [2.75, 3.05) is 11.9 Å². The highest BCUT2D eigenvalue weighted by molar-refractivity contribution is 7.14. The van der Waals surface area contributed by atoms with Gasteiger partial charge >= 0.3 is 0 Å². The number of nitrogens with one attached hydrogen (secondary N) is 1. The molecule has 0 radical (unpaired) electrons. The number of nitrogens with two attached hydrogens (primary N) is 1. The maximum absolute atomic E-state index is 13.2. The Balaban J connectivity index is 1.90. The predicted molar refractivity (Wildman–Crippen MR) is 79.2 cm³/mol. The summed E-state index contributed by atoms with van der Waals surface area (Å²) in [4.78, 5) is 11.9. The van der Waals surface area contributed by atoms with Gasteiger partial charge in [0.15, 0.2) is 18.2 Å². The zero-order valence-corrected chi connectivity index (χ0v) is 12.6. The van der Waals surface area contributed by atoms with Gasteiger partial charge in [0.1, 0.15) is 17.1 Å². The molecule has 0 spiro atoms. The van der Waals surface area contributed by atoms with E-state index in [2.05, 4.69) is 5.32 Å². The molecule has 0 fully saturated rings. The first-order valence-electron chi connectivity index (χ1n) is 6.57. The monoisotopic (exact) mass is 322 g/mol. The van der Waals surface area contributed by atoms with E-state index < -0.39 is 11.6 Å². The lowest BCUT2D eigenvalue weighted by atomic mass is 10.1. The summed E-state index contributed by atoms with van der Waals surface area (Å²) in [6.45, 7) is 1.91. The second kappa shape index (κ2) is 7.11. The van der Waals surface area contributed by atoms with Crippen molar-refractivity contribution in [3.8, 4) is 6.07 Å². The molecule has 3 N–H and O–H groups in total. The average molecular weight is 322 g/mol. The number of anilines is 1. The minimum absolute atomic E-state index is 0.114. The minimum Gasteiger partial charge on any atom is -0.333 e. The van der Waals surface area contributed by atoms with E-state index >= 15 is 0 Å². The standard InChI is InChI=1S/C15H13F2N3OS/c1-9(10-2-3-12(16)13(17)6-10)19-8-14(21)20-15-11(7-18)4-5-22-15/h2-6,9,19H,8H2,1H3,(H,20,21)/p+1/t9-/m1/s1. The van der Waals surface area contributed by atoms with Crippen molar-refractivity contribution in [3.63, 3.8) is 0 Å². The number of quaternary nitrogens is 1. The summed E-state index contributed by atoms with van der Waals surface area (Å²) in [5.74, 6) is -2.05. The minimum atomic E-state index is -0.903. The van der Waals surface area contributed by atoms with E-state index in [0.29, 0.717) is 16.1 Å². The lowest BCUT2D eigenvalue weighted by molar-refractivity contribution is -0.682. The molecule has 1 aromatic carbocycles. The first-order valence-corrected chi connectivity index (χ1v) is 7.45. The van der Waals surface area contributed by atoms with Gasteiger partial charge in [0, 0.05) is 5.56 Å². The van der Waals surface area contributed by atoms with Gasteiger partial charge in [-0.25, -0.2) is 8.78 Å². The Bertz CT molecular complexity index is 724. The zero-order chi connectivity index (χ0) is 16.1. The lowest BCUT2D eigenvalue weighted by Gasteiger charge is -2.11. The fourth-order valence-electron chi connectivity index (χ4n) is 1.89. The summed E-state index contributed by atoms with van der Waals surface area (Å²) in [5, 5.41) is 15.5. The Morgan fingerprint density at radius 3 is 2.86 bits per heavy atom. The Kier molecular flexibility index (Phi) is 5.20. The van der Waals surface area contributed by atoms with Crippen LogP contribution in [0, 0.1) is 23.0 Å². The highest BCUT2D eigenvalue weighted by Gasteiger charge is 2.15. The number of amides is 1. The van der Waals surface area contributed by atoms with Gasteiger partial charge in [0.2, 0.25) is 0 Å². The predicted octanol–water partition coefficient (Wildman–Crippen LogP) is 2.16. The van der Waals surface area contributed by atoms with Crippen molar-refractivity contribution in [1.82, 2.24) is 0 Å². The van der Waals surface area contributed by atoms with Crippen LogP contribution < -0.4 is 10.6 Å². The van der Waals surface area contributed by atoms with E-state index in [4.69, 9.17) is 5.26 Å². The summed E-state index contributed by atoms with van der Waals surface area (Å²) < 4.78 is 26.1. The van der Waals surface area contributed by atoms with Crippen LogP contribution in [0.1, 0.15) is 24.1 Å².